The van der Waals surface area contributed by atoms with Crippen molar-refractivity contribution in [2.75, 3.05) is 0 Å². The predicted octanol–water partition coefficient (Wildman–Crippen LogP) is 6.89. The van der Waals surface area contributed by atoms with Crippen molar-refractivity contribution in [3.05, 3.63) is 70.4 Å². The number of para-hydroxylation sites is 1. The minimum atomic E-state index is -0.372. The van der Waals surface area contributed by atoms with Crippen LogP contribution in [0.4, 0.5) is 10.1 Å². The Morgan fingerprint density at radius 3 is 2.43 bits per heavy atom. The zero-order valence-electron chi connectivity index (χ0n) is 17.5. The highest BCUT2D eigenvalue weighted by molar-refractivity contribution is 8.18. The van der Waals surface area contributed by atoms with E-state index in [4.69, 9.17) is 0 Å². The lowest BCUT2D eigenvalue weighted by Gasteiger charge is -2.30. The molecule has 0 aromatic heterocycles. The summed E-state index contributed by atoms with van der Waals surface area (Å²) in [5.41, 5.74) is 2.54. The maximum absolute atomic E-state index is 14.2. The van der Waals surface area contributed by atoms with E-state index < -0.39 is 0 Å². The van der Waals surface area contributed by atoms with Gasteiger partial charge in [0.25, 0.3) is 5.91 Å². The number of halogens is 1. The smallest absolute Gasteiger partial charge is 0.267 e. The number of nitrogens with zero attached hydrogens (tertiary/aromatic N) is 2. The van der Waals surface area contributed by atoms with E-state index >= 15 is 0 Å². The van der Waals surface area contributed by atoms with E-state index in [-0.39, 0.29) is 23.5 Å². The minimum absolute atomic E-state index is 0.0186. The van der Waals surface area contributed by atoms with E-state index in [2.05, 4.69) is 31.0 Å². The van der Waals surface area contributed by atoms with Crippen molar-refractivity contribution in [1.29, 1.82) is 0 Å². The Kier molecular flexibility index (Phi) is 6.38. The van der Waals surface area contributed by atoms with Crippen molar-refractivity contribution in [3.8, 4) is 0 Å². The summed E-state index contributed by atoms with van der Waals surface area (Å²) in [6.07, 6.45) is 7.30. The van der Waals surface area contributed by atoms with Gasteiger partial charge in [0, 0.05) is 6.04 Å². The quantitative estimate of drug-likeness (QED) is 0.503. The highest BCUT2D eigenvalue weighted by atomic mass is 32.2. The van der Waals surface area contributed by atoms with Gasteiger partial charge < -0.3 is 0 Å². The highest BCUT2D eigenvalue weighted by Gasteiger charge is 2.38. The van der Waals surface area contributed by atoms with E-state index in [1.807, 2.05) is 23.1 Å². The van der Waals surface area contributed by atoms with Crippen molar-refractivity contribution in [1.82, 2.24) is 4.90 Å². The molecule has 156 valence electrons. The van der Waals surface area contributed by atoms with Gasteiger partial charge in [-0.3, -0.25) is 9.69 Å². The van der Waals surface area contributed by atoms with Gasteiger partial charge in [0.1, 0.15) is 11.5 Å². The van der Waals surface area contributed by atoms with Crippen LogP contribution in [0.5, 0.6) is 0 Å². The van der Waals surface area contributed by atoms with Crippen molar-refractivity contribution in [2.45, 2.75) is 57.9 Å². The normalized spacial score (nSPS) is 20.7. The number of carbonyl (C=O) groups is 1. The summed E-state index contributed by atoms with van der Waals surface area (Å²) in [6, 6.07) is 14.9. The van der Waals surface area contributed by atoms with Crippen molar-refractivity contribution >= 4 is 34.6 Å². The summed E-state index contributed by atoms with van der Waals surface area (Å²) in [6.45, 7) is 4.33. The van der Waals surface area contributed by atoms with Crippen LogP contribution >= 0.6 is 11.8 Å². The molecule has 4 rings (SSSR count). The van der Waals surface area contributed by atoms with Crippen LogP contribution in [-0.4, -0.2) is 22.0 Å². The fraction of sp³-hybridized carbons (Fsp3) is 0.360. The second-order valence-corrected chi connectivity index (χ2v) is 9.25. The predicted molar refractivity (Wildman–Crippen MR) is 123 cm³/mol. The standard InChI is InChI=1S/C25H27FN2OS/c1-17(2)19-14-12-18(13-15-19)16-23-24(29)28(20-8-4-3-5-9-20)25(30-23)27-22-11-7-6-10-21(22)26/h6-7,10-17,20H,3-5,8-9H2,1-2H3/b23-16-,27-25?. The van der Waals surface area contributed by atoms with Gasteiger partial charge in [-0.15, -0.1) is 0 Å². The van der Waals surface area contributed by atoms with Crippen LogP contribution < -0.4 is 0 Å². The maximum atomic E-state index is 14.2. The third-order valence-corrected chi connectivity index (χ3v) is 6.73. The Labute approximate surface area is 182 Å². The molecule has 5 heteroatoms. The molecule has 0 atom stereocenters. The molecule has 1 heterocycles. The van der Waals surface area contributed by atoms with E-state index in [0.717, 1.165) is 31.2 Å². The molecule has 0 spiro atoms. The van der Waals surface area contributed by atoms with Crippen LogP contribution in [0.25, 0.3) is 6.08 Å². The van der Waals surface area contributed by atoms with Gasteiger partial charge >= 0.3 is 0 Å². The molecule has 30 heavy (non-hydrogen) atoms. The van der Waals surface area contributed by atoms with E-state index in [1.165, 1.54) is 29.8 Å². The third kappa shape index (κ3) is 4.51. The topological polar surface area (TPSA) is 32.7 Å². The molecule has 1 aliphatic heterocycles. The van der Waals surface area contributed by atoms with E-state index in [1.54, 1.807) is 18.2 Å². The molecule has 1 saturated heterocycles. The second kappa shape index (κ2) is 9.17. The molecule has 3 nitrogen and oxygen atoms in total. The highest BCUT2D eigenvalue weighted by Crippen LogP contribution is 2.38. The molecule has 0 N–H and O–H groups in total. The number of hydrogen-bond donors (Lipinski definition) is 0. The van der Waals surface area contributed by atoms with Gasteiger partial charge in [0.2, 0.25) is 0 Å². The Hall–Kier alpha value is -2.40. The summed E-state index contributed by atoms with van der Waals surface area (Å²) in [4.78, 5) is 20.4. The molecule has 0 unspecified atom stereocenters. The Bertz CT molecular complexity index is 975. The number of rotatable bonds is 4. The van der Waals surface area contributed by atoms with Crippen LogP contribution in [0.3, 0.4) is 0 Å². The van der Waals surface area contributed by atoms with Crippen molar-refractivity contribution in [2.24, 2.45) is 4.99 Å². The number of benzene rings is 2. The van der Waals surface area contributed by atoms with Gasteiger partial charge in [0.05, 0.1) is 4.91 Å². The SMILES string of the molecule is CC(C)c1ccc(/C=C2\SC(=Nc3ccccc3F)N(C3CCCCC3)C2=O)cc1. The molecule has 2 aromatic rings. The molecule has 2 fully saturated rings. The summed E-state index contributed by atoms with van der Waals surface area (Å²) in [7, 11) is 0. The largest absolute Gasteiger partial charge is 0.283 e. The lowest BCUT2D eigenvalue weighted by atomic mass is 9.94. The Balaban J connectivity index is 1.68. The van der Waals surface area contributed by atoms with Crippen LogP contribution in [0.2, 0.25) is 0 Å². The summed E-state index contributed by atoms with van der Waals surface area (Å²) < 4.78 is 14.2. The van der Waals surface area contributed by atoms with Crippen LogP contribution in [0, 0.1) is 5.82 Å². The average molecular weight is 423 g/mol. The molecular formula is C25H27FN2OS. The van der Waals surface area contributed by atoms with Crippen LogP contribution in [-0.2, 0) is 4.79 Å². The molecule has 2 aliphatic rings. The lowest BCUT2D eigenvalue weighted by Crippen LogP contribution is -2.40. The number of aliphatic imine (C=N–C) groups is 1. The van der Waals surface area contributed by atoms with Crippen molar-refractivity contribution < 1.29 is 9.18 Å². The zero-order valence-corrected chi connectivity index (χ0v) is 18.3. The zero-order chi connectivity index (χ0) is 21.1. The fourth-order valence-corrected chi connectivity index (χ4v) is 5.05. The minimum Gasteiger partial charge on any atom is -0.283 e. The third-order valence-electron chi connectivity index (χ3n) is 5.75. The maximum Gasteiger partial charge on any atom is 0.267 e. The first-order valence-corrected chi connectivity index (χ1v) is 11.5. The van der Waals surface area contributed by atoms with Crippen LogP contribution in [0.15, 0.2) is 58.4 Å². The molecule has 1 amide bonds. The number of thioether (sulfide) groups is 1. The molecule has 2 aromatic carbocycles. The molecule has 1 aliphatic carbocycles. The number of amides is 1. The number of hydrogen-bond acceptors (Lipinski definition) is 3. The summed E-state index contributed by atoms with van der Waals surface area (Å²) in [5.74, 6) is 0.0776. The number of amidine groups is 1. The van der Waals surface area contributed by atoms with Gasteiger partial charge in [-0.05, 0) is 59.9 Å². The average Bonchev–Trinajstić information content (AvgIpc) is 3.05. The summed E-state index contributed by atoms with van der Waals surface area (Å²) in [5, 5.41) is 0.585. The van der Waals surface area contributed by atoms with Gasteiger partial charge in [-0.1, -0.05) is 69.5 Å². The van der Waals surface area contributed by atoms with Gasteiger partial charge in [0.15, 0.2) is 5.17 Å². The Morgan fingerprint density at radius 1 is 1.07 bits per heavy atom. The fourth-order valence-electron chi connectivity index (χ4n) is 4.00. The monoisotopic (exact) mass is 422 g/mol. The lowest BCUT2D eigenvalue weighted by molar-refractivity contribution is -0.124. The molecular weight excluding hydrogens is 395 g/mol. The van der Waals surface area contributed by atoms with E-state index in [9.17, 15) is 9.18 Å². The first-order chi connectivity index (χ1) is 14.5. The molecule has 1 saturated carbocycles. The van der Waals surface area contributed by atoms with Gasteiger partial charge in [-0.2, -0.15) is 0 Å². The van der Waals surface area contributed by atoms with Crippen LogP contribution in [0.1, 0.15) is 63.0 Å². The van der Waals surface area contributed by atoms with Gasteiger partial charge in [-0.25, -0.2) is 9.38 Å². The summed E-state index contributed by atoms with van der Waals surface area (Å²) >= 11 is 1.35. The number of carbonyl (C=O) groups excluding carboxylic acids is 1. The van der Waals surface area contributed by atoms with E-state index in [0.29, 0.717) is 16.0 Å². The second-order valence-electron chi connectivity index (χ2n) is 8.24. The molecule has 0 bridgehead atoms. The first-order valence-electron chi connectivity index (χ1n) is 10.7. The van der Waals surface area contributed by atoms with Crippen molar-refractivity contribution in [3.63, 3.8) is 0 Å². The first kappa shape index (κ1) is 20.9. The Morgan fingerprint density at radius 2 is 1.77 bits per heavy atom. The molecule has 0 radical (unpaired) electrons.